The number of aliphatic hydroxyl groups is 2. The van der Waals surface area contributed by atoms with Crippen LogP contribution in [0.15, 0.2) is 11.8 Å². The van der Waals surface area contributed by atoms with Gasteiger partial charge in [-0.05, 0) is 6.08 Å². The number of carbonyl (C=O) groups excluding carboxylic acids is 1. The molecule has 9 nitrogen and oxygen atoms in total. The van der Waals surface area contributed by atoms with Crippen molar-refractivity contribution in [2.75, 3.05) is 13.7 Å². The number of aliphatic hydroxyl groups excluding tert-OH is 2. The minimum atomic E-state index is -1.34. The van der Waals surface area contributed by atoms with Crippen molar-refractivity contribution in [1.82, 2.24) is 5.32 Å². The Morgan fingerprint density at radius 3 is 2.64 bits per heavy atom. The van der Waals surface area contributed by atoms with Gasteiger partial charge in [0.2, 0.25) is 11.7 Å². The van der Waals surface area contributed by atoms with Gasteiger partial charge in [-0.1, -0.05) is 0 Å². The third kappa shape index (κ3) is 4.03. The lowest BCUT2D eigenvalue weighted by atomic mass is 9.88. The Labute approximate surface area is 127 Å². The summed E-state index contributed by atoms with van der Waals surface area (Å²) in [4.78, 5) is 22.5. The van der Waals surface area contributed by atoms with Gasteiger partial charge < -0.3 is 35.5 Å². The van der Waals surface area contributed by atoms with Crippen molar-refractivity contribution in [2.45, 2.75) is 31.3 Å². The third-order valence-electron chi connectivity index (χ3n) is 3.31. The normalized spacial score (nSPS) is 27.1. The summed E-state index contributed by atoms with van der Waals surface area (Å²) in [7, 11) is 1.26. The number of rotatable bonds is 7. The maximum atomic E-state index is 11.4. The molecule has 9 heteroatoms. The molecule has 22 heavy (non-hydrogen) atoms. The fraction of sp³-hybridized carbons (Fsp3) is 0.615. The molecule has 1 heterocycles. The van der Waals surface area contributed by atoms with E-state index in [1.165, 1.54) is 20.1 Å². The second kappa shape index (κ2) is 7.87. The molecular weight excluding hydrogens is 296 g/mol. The highest BCUT2D eigenvalue weighted by Crippen LogP contribution is 2.27. The van der Waals surface area contributed by atoms with E-state index in [9.17, 15) is 14.7 Å². The van der Waals surface area contributed by atoms with Crippen molar-refractivity contribution in [3.8, 4) is 0 Å². The molecule has 5 unspecified atom stereocenters. The SMILES string of the molecule is COC(C(O)CO)C1OC(C(=O)O)=CC(C=N)C1NC(C)=O. The first-order valence-electron chi connectivity index (χ1n) is 6.56. The highest BCUT2D eigenvalue weighted by Gasteiger charge is 2.43. The number of carboxylic acids is 1. The molecule has 0 bridgehead atoms. The minimum Gasteiger partial charge on any atom is -0.478 e. The summed E-state index contributed by atoms with van der Waals surface area (Å²) in [6, 6.07) is -0.816. The predicted octanol–water partition coefficient (Wildman–Crippen LogP) is -1.51. The summed E-state index contributed by atoms with van der Waals surface area (Å²) in [5, 5.41) is 38.0. The summed E-state index contributed by atoms with van der Waals surface area (Å²) in [5.74, 6) is -2.91. The van der Waals surface area contributed by atoms with Crippen molar-refractivity contribution < 1.29 is 34.4 Å². The number of hydrogen-bond acceptors (Lipinski definition) is 7. The molecule has 0 aromatic heterocycles. The van der Waals surface area contributed by atoms with E-state index in [-0.39, 0.29) is 0 Å². The lowest BCUT2D eigenvalue weighted by Gasteiger charge is -2.39. The minimum absolute atomic E-state index is 0.410. The van der Waals surface area contributed by atoms with E-state index >= 15 is 0 Å². The molecule has 0 fully saturated rings. The van der Waals surface area contributed by atoms with E-state index in [2.05, 4.69) is 5.32 Å². The number of aliphatic carboxylic acids is 1. The van der Waals surface area contributed by atoms with Crippen molar-refractivity contribution in [1.29, 1.82) is 5.41 Å². The Kier molecular flexibility index (Phi) is 6.47. The number of amides is 1. The molecule has 0 aliphatic carbocycles. The van der Waals surface area contributed by atoms with Crippen molar-refractivity contribution in [3.63, 3.8) is 0 Å². The van der Waals surface area contributed by atoms with E-state index in [4.69, 9.17) is 25.1 Å². The maximum absolute atomic E-state index is 11.4. The number of carbonyl (C=O) groups is 2. The summed E-state index contributed by atoms with van der Waals surface area (Å²) in [6.07, 6.45) is -1.35. The number of carboxylic acid groups (broad SMARTS) is 1. The van der Waals surface area contributed by atoms with E-state index in [1.807, 2.05) is 0 Å². The van der Waals surface area contributed by atoms with E-state index in [0.717, 1.165) is 6.21 Å². The molecule has 0 saturated carbocycles. The van der Waals surface area contributed by atoms with Crippen LogP contribution in [-0.2, 0) is 19.1 Å². The van der Waals surface area contributed by atoms with Crippen LogP contribution >= 0.6 is 0 Å². The molecule has 0 aromatic rings. The van der Waals surface area contributed by atoms with E-state index in [1.54, 1.807) is 0 Å². The Bertz CT molecular complexity index is 465. The topological polar surface area (TPSA) is 149 Å². The van der Waals surface area contributed by atoms with Gasteiger partial charge in [-0.3, -0.25) is 4.79 Å². The van der Waals surface area contributed by atoms with Crippen LogP contribution < -0.4 is 5.32 Å². The third-order valence-corrected chi connectivity index (χ3v) is 3.31. The Morgan fingerprint density at radius 2 is 2.23 bits per heavy atom. The van der Waals surface area contributed by atoms with Crippen molar-refractivity contribution in [2.24, 2.45) is 5.92 Å². The molecule has 0 radical (unpaired) electrons. The van der Waals surface area contributed by atoms with Gasteiger partial charge in [0.15, 0.2) is 0 Å². The second-order valence-electron chi connectivity index (χ2n) is 4.84. The quantitative estimate of drug-likeness (QED) is 0.358. The van der Waals surface area contributed by atoms with Gasteiger partial charge in [-0.25, -0.2) is 4.79 Å². The molecule has 5 N–H and O–H groups in total. The Morgan fingerprint density at radius 1 is 1.59 bits per heavy atom. The fourth-order valence-electron chi connectivity index (χ4n) is 2.33. The molecule has 1 aliphatic heterocycles. The zero-order valence-corrected chi connectivity index (χ0v) is 12.2. The smallest absolute Gasteiger partial charge is 0.370 e. The first-order valence-corrected chi connectivity index (χ1v) is 6.56. The van der Waals surface area contributed by atoms with Gasteiger partial charge in [0.25, 0.3) is 0 Å². The highest BCUT2D eigenvalue weighted by atomic mass is 16.6. The standard InChI is InChI=1S/C13H20N2O7/c1-6(17)15-10-7(4-14)3-9(13(19)20)22-12(10)11(21-2)8(18)5-16/h3-4,7-8,10-12,14,16,18H,5H2,1-2H3,(H,15,17)(H,19,20). The molecule has 1 aliphatic rings. The number of ether oxygens (including phenoxy) is 2. The number of hydrogen-bond donors (Lipinski definition) is 5. The van der Waals surface area contributed by atoms with Gasteiger partial charge in [0.1, 0.15) is 18.3 Å². The lowest BCUT2D eigenvalue weighted by Crippen LogP contribution is -2.58. The largest absolute Gasteiger partial charge is 0.478 e. The summed E-state index contributed by atoms with van der Waals surface area (Å²) in [6.45, 7) is 0.630. The van der Waals surface area contributed by atoms with Crippen LogP contribution in [0, 0.1) is 11.3 Å². The van der Waals surface area contributed by atoms with Crippen LogP contribution in [0.1, 0.15) is 6.92 Å². The summed E-state index contributed by atoms with van der Waals surface area (Å²) >= 11 is 0. The fourth-order valence-corrected chi connectivity index (χ4v) is 2.33. The Balaban J connectivity index is 3.22. The van der Waals surface area contributed by atoms with Crippen LogP contribution in [0.3, 0.4) is 0 Å². The number of methoxy groups -OCH3 is 1. The van der Waals surface area contributed by atoms with Crippen molar-refractivity contribution in [3.05, 3.63) is 11.8 Å². The number of nitrogens with one attached hydrogen (secondary N) is 2. The molecule has 0 aromatic carbocycles. The van der Waals surface area contributed by atoms with Crippen LogP contribution in [0.4, 0.5) is 0 Å². The maximum Gasteiger partial charge on any atom is 0.370 e. The van der Waals surface area contributed by atoms with Crippen molar-refractivity contribution >= 4 is 18.1 Å². The molecule has 0 saturated heterocycles. The van der Waals surface area contributed by atoms with Crippen LogP contribution in [0.25, 0.3) is 0 Å². The second-order valence-corrected chi connectivity index (χ2v) is 4.84. The summed E-state index contributed by atoms with van der Waals surface area (Å²) < 4.78 is 10.4. The molecule has 1 amide bonds. The first-order chi connectivity index (χ1) is 10.3. The van der Waals surface area contributed by atoms with Gasteiger partial charge in [-0.2, -0.15) is 0 Å². The zero-order valence-electron chi connectivity index (χ0n) is 12.2. The molecule has 0 spiro atoms. The monoisotopic (exact) mass is 316 g/mol. The molecule has 1 rings (SSSR count). The van der Waals surface area contributed by atoms with Gasteiger partial charge in [0.05, 0.1) is 12.6 Å². The predicted molar refractivity (Wildman–Crippen MR) is 74.4 cm³/mol. The average Bonchev–Trinajstić information content (AvgIpc) is 2.48. The lowest BCUT2D eigenvalue weighted by molar-refractivity contribution is -0.149. The zero-order chi connectivity index (χ0) is 16.9. The first kappa shape index (κ1) is 18.1. The molecule has 5 atom stereocenters. The summed E-state index contributed by atoms with van der Waals surface area (Å²) in [5.41, 5.74) is 0. The average molecular weight is 316 g/mol. The molecule has 124 valence electrons. The van der Waals surface area contributed by atoms with Gasteiger partial charge >= 0.3 is 5.97 Å². The Hall–Kier alpha value is -1.97. The van der Waals surface area contributed by atoms with Gasteiger partial charge in [-0.15, -0.1) is 0 Å². The van der Waals surface area contributed by atoms with Gasteiger partial charge in [0, 0.05) is 26.2 Å². The molecular formula is C13H20N2O7. The van der Waals surface area contributed by atoms with Crippen LogP contribution in [0.2, 0.25) is 0 Å². The van der Waals surface area contributed by atoms with E-state index < -0.39 is 54.5 Å². The van der Waals surface area contributed by atoms with Crippen LogP contribution in [-0.4, -0.2) is 71.5 Å². The highest BCUT2D eigenvalue weighted by molar-refractivity contribution is 5.86. The van der Waals surface area contributed by atoms with Crippen LogP contribution in [0.5, 0.6) is 0 Å². The van der Waals surface area contributed by atoms with E-state index in [0.29, 0.717) is 0 Å².